The first-order chi connectivity index (χ1) is 8.90. The third-order valence-corrected chi connectivity index (χ3v) is 3.50. The number of carboxylic acids is 1. The molecule has 0 aliphatic carbocycles. The van der Waals surface area contributed by atoms with Gasteiger partial charge in [-0.15, -0.1) is 0 Å². The number of anilines is 1. The number of benzene rings is 1. The zero-order valence-electron chi connectivity index (χ0n) is 10.4. The van der Waals surface area contributed by atoms with Gasteiger partial charge < -0.3 is 15.1 Å². The van der Waals surface area contributed by atoms with E-state index in [1.54, 1.807) is 0 Å². The number of carbonyl (C=O) groups is 1. The van der Waals surface area contributed by atoms with E-state index in [0.29, 0.717) is 13.0 Å². The van der Waals surface area contributed by atoms with Gasteiger partial charge in [-0.3, -0.25) is 0 Å². The molecule has 1 fully saturated rings. The third kappa shape index (κ3) is 2.68. The normalized spacial score (nSPS) is 23.5. The Kier molecular flexibility index (Phi) is 3.71. The van der Waals surface area contributed by atoms with Gasteiger partial charge in [-0.05, 0) is 24.5 Å². The summed E-state index contributed by atoms with van der Waals surface area (Å²) < 4.78 is 27.7. The largest absolute Gasteiger partial charge is 0.478 e. The lowest BCUT2D eigenvalue weighted by Crippen LogP contribution is -2.43. The number of rotatable bonds is 2. The Morgan fingerprint density at radius 1 is 1.37 bits per heavy atom. The molecule has 2 N–H and O–H groups in total. The maximum Gasteiger partial charge on any atom is 0.335 e. The molecular weight excluding hydrogens is 256 g/mol. The molecule has 0 radical (unpaired) electrons. The standard InChI is InChI=1S/C13H15F2NO3/c1-7-2-3-16(6-11(7)17)12-9(14)4-8(13(18)19)5-10(12)15/h4-5,7,11,17H,2-3,6H2,1H3,(H,18,19). The van der Waals surface area contributed by atoms with Crippen LogP contribution in [0.25, 0.3) is 0 Å². The van der Waals surface area contributed by atoms with Crippen LogP contribution in [0.3, 0.4) is 0 Å². The lowest BCUT2D eigenvalue weighted by atomic mass is 9.95. The second kappa shape index (κ2) is 5.13. The Morgan fingerprint density at radius 2 is 1.95 bits per heavy atom. The average molecular weight is 271 g/mol. The Bertz CT molecular complexity index is 484. The molecule has 1 aromatic rings. The fourth-order valence-corrected chi connectivity index (χ4v) is 2.24. The molecule has 4 nitrogen and oxygen atoms in total. The van der Waals surface area contributed by atoms with E-state index in [1.165, 1.54) is 4.90 Å². The monoisotopic (exact) mass is 271 g/mol. The summed E-state index contributed by atoms with van der Waals surface area (Å²) >= 11 is 0. The fraction of sp³-hybridized carbons (Fsp3) is 0.462. The molecule has 0 aromatic heterocycles. The lowest BCUT2D eigenvalue weighted by molar-refractivity contribution is 0.0695. The predicted octanol–water partition coefficient (Wildman–Crippen LogP) is 1.87. The number of hydrogen-bond acceptors (Lipinski definition) is 3. The van der Waals surface area contributed by atoms with Gasteiger partial charge in [-0.2, -0.15) is 0 Å². The van der Waals surface area contributed by atoms with Crippen LogP contribution in [0.2, 0.25) is 0 Å². The first kappa shape index (κ1) is 13.7. The number of carboxylic acid groups (broad SMARTS) is 1. The van der Waals surface area contributed by atoms with Crippen molar-refractivity contribution >= 4 is 11.7 Å². The number of halogens is 2. The molecule has 2 rings (SSSR count). The lowest BCUT2D eigenvalue weighted by Gasteiger charge is -2.36. The van der Waals surface area contributed by atoms with Gasteiger partial charge in [0.05, 0.1) is 11.7 Å². The van der Waals surface area contributed by atoms with Crippen molar-refractivity contribution in [3.05, 3.63) is 29.3 Å². The molecule has 2 atom stereocenters. The summed E-state index contributed by atoms with van der Waals surface area (Å²) in [6, 6.07) is 1.59. The number of aliphatic hydroxyl groups is 1. The van der Waals surface area contributed by atoms with Crippen LogP contribution in [0.1, 0.15) is 23.7 Å². The van der Waals surface area contributed by atoms with Gasteiger partial charge in [0.15, 0.2) is 0 Å². The van der Waals surface area contributed by atoms with E-state index >= 15 is 0 Å². The molecule has 1 heterocycles. The number of β-amino-alcohol motifs (C(OH)–C–C–N with tert-alkyl or cyclic N) is 1. The summed E-state index contributed by atoms with van der Waals surface area (Å²) in [5.74, 6) is -3.13. The average Bonchev–Trinajstić information content (AvgIpc) is 2.32. The van der Waals surface area contributed by atoms with Gasteiger partial charge in [0.25, 0.3) is 0 Å². The van der Waals surface area contributed by atoms with E-state index < -0.39 is 29.3 Å². The molecule has 1 saturated heterocycles. The van der Waals surface area contributed by atoms with Crippen molar-refractivity contribution in [2.75, 3.05) is 18.0 Å². The maximum absolute atomic E-state index is 13.9. The van der Waals surface area contributed by atoms with Crippen molar-refractivity contribution in [1.29, 1.82) is 0 Å². The van der Waals surface area contributed by atoms with E-state index in [9.17, 15) is 18.7 Å². The highest BCUT2D eigenvalue weighted by Gasteiger charge is 2.28. The maximum atomic E-state index is 13.9. The molecule has 0 saturated carbocycles. The topological polar surface area (TPSA) is 60.8 Å². The quantitative estimate of drug-likeness (QED) is 0.862. The van der Waals surface area contributed by atoms with Gasteiger partial charge in [-0.25, -0.2) is 13.6 Å². The zero-order valence-corrected chi connectivity index (χ0v) is 10.4. The van der Waals surface area contributed by atoms with Crippen LogP contribution < -0.4 is 4.90 Å². The van der Waals surface area contributed by atoms with Crippen molar-refractivity contribution in [3.8, 4) is 0 Å². The van der Waals surface area contributed by atoms with Crippen molar-refractivity contribution in [2.24, 2.45) is 5.92 Å². The number of hydrogen-bond donors (Lipinski definition) is 2. The second-order valence-electron chi connectivity index (χ2n) is 4.87. The summed E-state index contributed by atoms with van der Waals surface area (Å²) in [6.45, 7) is 2.45. The number of piperidine rings is 1. The minimum Gasteiger partial charge on any atom is -0.478 e. The Morgan fingerprint density at radius 3 is 2.42 bits per heavy atom. The van der Waals surface area contributed by atoms with Crippen molar-refractivity contribution in [2.45, 2.75) is 19.4 Å². The van der Waals surface area contributed by atoms with E-state index in [1.807, 2.05) is 6.92 Å². The Balaban J connectivity index is 2.33. The van der Waals surface area contributed by atoms with Crippen LogP contribution in [0.15, 0.2) is 12.1 Å². The summed E-state index contributed by atoms with van der Waals surface area (Å²) in [5.41, 5.74) is -0.694. The zero-order chi connectivity index (χ0) is 14.2. The van der Waals surface area contributed by atoms with Crippen LogP contribution >= 0.6 is 0 Å². The number of aromatic carboxylic acids is 1. The highest BCUT2D eigenvalue weighted by molar-refractivity contribution is 5.88. The van der Waals surface area contributed by atoms with E-state index in [0.717, 1.165) is 12.1 Å². The van der Waals surface area contributed by atoms with Crippen molar-refractivity contribution < 1.29 is 23.8 Å². The first-order valence-corrected chi connectivity index (χ1v) is 6.05. The molecule has 2 unspecified atom stereocenters. The van der Waals surface area contributed by atoms with Crippen LogP contribution in [-0.2, 0) is 0 Å². The summed E-state index contributed by atoms with van der Waals surface area (Å²) in [6.07, 6.45) is -0.0209. The minimum atomic E-state index is -1.38. The molecular formula is C13H15F2NO3. The predicted molar refractivity (Wildman–Crippen MR) is 65.3 cm³/mol. The second-order valence-corrected chi connectivity index (χ2v) is 4.87. The molecule has 104 valence electrons. The van der Waals surface area contributed by atoms with Crippen LogP contribution in [0.5, 0.6) is 0 Å². The minimum absolute atomic E-state index is 0.0839. The fourth-order valence-electron chi connectivity index (χ4n) is 2.24. The van der Waals surface area contributed by atoms with Crippen LogP contribution in [-0.4, -0.2) is 35.4 Å². The van der Waals surface area contributed by atoms with E-state index in [4.69, 9.17) is 5.11 Å². The molecule has 0 amide bonds. The molecule has 0 bridgehead atoms. The molecule has 6 heteroatoms. The highest BCUT2D eigenvalue weighted by atomic mass is 19.1. The summed E-state index contributed by atoms with van der Waals surface area (Å²) in [5, 5.41) is 18.5. The summed E-state index contributed by atoms with van der Waals surface area (Å²) in [4.78, 5) is 12.1. The molecule has 19 heavy (non-hydrogen) atoms. The van der Waals surface area contributed by atoms with Crippen molar-refractivity contribution in [3.63, 3.8) is 0 Å². The summed E-state index contributed by atoms with van der Waals surface area (Å²) in [7, 11) is 0. The molecule has 1 aromatic carbocycles. The Labute approximate surface area is 109 Å². The van der Waals surface area contributed by atoms with Gasteiger partial charge in [0.1, 0.15) is 17.3 Å². The number of nitrogens with zero attached hydrogens (tertiary/aromatic N) is 1. The first-order valence-electron chi connectivity index (χ1n) is 6.05. The number of aliphatic hydroxyl groups excluding tert-OH is 1. The molecule has 1 aliphatic rings. The smallest absolute Gasteiger partial charge is 0.335 e. The van der Waals surface area contributed by atoms with Gasteiger partial charge in [0, 0.05) is 13.1 Å². The molecule has 0 spiro atoms. The van der Waals surface area contributed by atoms with Gasteiger partial charge in [-0.1, -0.05) is 6.92 Å². The van der Waals surface area contributed by atoms with Crippen LogP contribution in [0.4, 0.5) is 14.5 Å². The van der Waals surface area contributed by atoms with Gasteiger partial charge >= 0.3 is 5.97 Å². The third-order valence-electron chi connectivity index (χ3n) is 3.50. The molecule has 1 aliphatic heterocycles. The van der Waals surface area contributed by atoms with Crippen molar-refractivity contribution in [1.82, 2.24) is 0 Å². The Hall–Kier alpha value is -1.69. The van der Waals surface area contributed by atoms with Crippen LogP contribution in [0, 0.1) is 17.6 Å². The van der Waals surface area contributed by atoms with E-state index in [-0.39, 0.29) is 18.2 Å². The highest BCUT2D eigenvalue weighted by Crippen LogP contribution is 2.29. The SMILES string of the molecule is CC1CCN(c2c(F)cc(C(=O)O)cc2F)CC1O. The van der Waals surface area contributed by atoms with E-state index in [2.05, 4.69) is 0 Å². The van der Waals surface area contributed by atoms with Gasteiger partial charge in [0.2, 0.25) is 0 Å².